The number of aromatic hydroxyl groups is 1. The number of phenols is 1. The van der Waals surface area contributed by atoms with Gasteiger partial charge in [0.2, 0.25) is 6.23 Å². The molecule has 6 heteroatoms. The van der Waals surface area contributed by atoms with Crippen molar-refractivity contribution in [1.29, 1.82) is 0 Å². The molecular formula is C20H15BrN2O2S. The van der Waals surface area contributed by atoms with Gasteiger partial charge in [-0.3, -0.25) is 0 Å². The fourth-order valence-corrected chi connectivity index (χ4v) is 4.68. The van der Waals surface area contributed by atoms with E-state index in [1.165, 1.54) is 0 Å². The third kappa shape index (κ3) is 2.52. The van der Waals surface area contributed by atoms with Crippen molar-refractivity contribution in [3.63, 3.8) is 0 Å². The highest BCUT2D eigenvalue weighted by Crippen LogP contribution is 2.49. The molecule has 3 heterocycles. The van der Waals surface area contributed by atoms with E-state index >= 15 is 0 Å². The first kappa shape index (κ1) is 15.9. The zero-order valence-electron chi connectivity index (χ0n) is 13.7. The Morgan fingerprint density at radius 2 is 2.04 bits per heavy atom. The summed E-state index contributed by atoms with van der Waals surface area (Å²) >= 11 is 5.23. The van der Waals surface area contributed by atoms with Crippen LogP contribution in [0.3, 0.4) is 0 Å². The van der Waals surface area contributed by atoms with E-state index in [4.69, 9.17) is 9.84 Å². The second-order valence-corrected chi connectivity index (χ2v) is 8.23. The zero-order valence-corrected chi connectivity index (χ0v) is 16.1. The van der Waals surface area contributed by atoms with Crippen LogP contribution in [0.25, 0.3) is 0 Å². The molecule has 1 N–H and O–H groups in total. The Morgan fingerprint density at radius 1 is 1.15 bits per heavy atom. The van der Waals surface area contributed by atoms with Crippen LogP contribution in [0.2, 0.25) is 0 Å². The van der Waals surface area contributed by atoms with Crippen molar-refractivity contribution in [1.82, 2.24) is 5.01 Å². The molecule has 0 aliphatic carbocycles. The lowest BCUT2D eigenvalue weighted by atomic mass is 9.96. The number of phenolic OH excluding ortho intramolecular Hbond substituents is 1. The molecule has 2 unspecified atom stereocenters. The van der Waals surface area contributed by atoms with Gasteiger partial charge in [0, 0.05) is 22.0 Å². The molecule has 2 aliphatic rings. The molecule has 0 saturated heterocycles. The van der Waals surface area contributed by atoms with E-state index in [9.17, 15) is 5.11 Å². The van der Waals surface area contributed by atoms with Crippen molar-refractivity contribution in [2.24, 2.45) is 5.10 Å². The Kier molecular flexibility index (Phi) is 3.76. The number of thiophene rings is 1. The standard InChI is InChI=1S/C20H15BrN2O2S/c21-12-7-8-18-14(10-12)16-11-15(13-4-1-2-5-17(13)24)22-23(16)20(25-18)19-6-3-9-26-19/h1-10,16,20,24H,11H2. The van der Waals surface area contributed by atoms with Crippen molar-refractivity contribution in [3.05, 3.63) is 80.5 Å². The molecule has 3 aromatic rings. The highest BCUT2D eigenvalue weighted by Gasteiger charge is 2.41. The molecule has 1 aromatic heterocycles. The summed E-state index contributed by atoms with van der Waals surface area (Å²) in [5.41, 5.74) is 2.77. The second kappa shape index (κ2) is 6.14. The predicted octanol–water partition coefficient (Wildman–Crippen LogP) is 5.46. The lowest BCUT2D eigenvalue weighted by molar-refractivity contribution is -0.0166. The number of hydrazone groups is 1. The molecular weight excluding hydrogens is 412 g/mol. The number of hydrogen-bond donors (Lipinski definition) is 1. The smallest absolute Gasteiger partial charge is 0.222 e. The SMILES string of the molecule is Oc1ccccc1C1=NN2C(C1)c1cc(Br)ccc1OC2c1cccs1. The first-order valence-corrected chi connectivity index (χ1v) is 10.0. The van der Waals surface area contributed by atoms with E-state index in [1.807, 2.05) is 41.4 Å². The molecule has 26 heavy (non-hydrogen) atoms. The number of ether oxygens (including phenoxy) is 1. The van der Waals surface area contributed by atoms with E-state index in [-0.39, 0.29) is 18.0 Å². The lowest BCUT2D eigenvalue weighted by Crippen LogP contribution is -2.33. The van der Waals surface area contributed by atoms with Gasteiger partial charge in [0.1, 0.15) is 11.5 Å². The normalized spacial score (nSPS) is 21.0. The molecule has 4 nitrogen and oxygen atoms in total. The molecule has 2 aliphatic heterocycles. The van der Waals surface area contributed by atoms with Crippen LogP contribution < -0.4 is 4.74 Å². The third-order valence-electron chi connectivity index (χ3n) is 4.75. The number of rotatable bonds is 2. The van der Waals surface area contributed by atoms with Crippen LogP contribution in [0, 0.1) is 0 Å². The summed E-state index contributed by atoms with van der Waals surface area (Å²) in [5, 5.41) is 19.2. The molecule has 0 saturated carbocycles. The van der Waals surface area contributed by atoms with Crippen LogP contribution in [0.4, 0.5) is 0 Å². The number of nitrogens with zero attached hydrogens (tertiary/aromatic N) is 2. The van der Waals surface area contributed by atoms with Gasteiger partial charge in [-0.05, 0) is 41.8 Å². The molecule has 0 bridgehead atoms. The average Bonchev–Trinajstić information content (AvgIpc) is 3.32. The van der Waals surface area contributed by atoms with Gasteiger partial charge in [-0.1, -0.05) is 34.1 Å². The molecule has 0 spiro atoms. The first-order chi connectivity index (χ1) is 12.7. The van der Waals surface area contributed by atoms with Crippen LogP contribution in [0.5, 0.6) is 11.5 Å². The minimum atomic E-state index is -0.253. The minimum Gasteiger partial charge on any atom is -0.507 e. The van der Waals surface area contributed by atoms with Crippen molar-refractivity contribution in [2.75, 3.05) is 0 Å². The molecule has 0 amide bonds. The Hall–Kier alpha value is -2.31. The Balaban J connectivity index is 1.62. The summed E-state index contributed by atoms with van der Waals surface area (Å²) in [4.78, 5) is 1.12. The fourth-order valence-electron chi connectivity index (χ4n) is 3.56. The number of halogens is 1. The molecule has 0 fully saturated rings. The maximum atomic E-state index is 10.3. The summed E-state index contributed by atoms with van der Waals surface area (Å²) in [5.74, 6) is 1.15. The summed E-state index contributed by atoms with van der Waals surface area (Å²) in [6.07, 6.45) is 0.476. The van der Waals surface area contributed by atoms with Gasteiger partial charge in [-0.25, -0.2) is 5.01 Å². The topological polar surface area (TPSA) is 45.1 Å². The van der Waals surface area contributed by atoms with Gasteiger partial charge in [0.25, 0.3) is 0 Å². The van der Waals surface area contributed by atoms with E-state index in [1.54, 1.807) is 17.4 Å². The minimum absolute atomic E-state index is 0.0814. The van der Waals surface area contributed by atoms with E-state index < -0.39 is 0 Å². The first-order valence-electron chi connectivity index (χ1n) is 8.34. The summed E-state index contributed by atoms with van der Waals surface area (Å²) in [7, 11) is 0. The predicted molar refractivity (Wildman–Crippen MR) is 106 cm³/mol. The van der Waals surface area contributed by atoms with Crippen molar-refractivity contribution in [3.8, 4) is 11.5 Å². The van der Waals surface area contributed by atoms with Crippen LogP contribution >= 0.6 is 27.3 Å². The molecule has 0 radical (unpaired) electrons. The summed E-state index contributed by atoms with van der Waals surface area (Å²) in [6.45, 7) is 0. The zero-order chi connectivity index (χ0) is 17.7. The quantitative estimate of drug-likeness (QED) is 0.591. The number of para-hydroxylation sites is 1. The summed E-state index contributed by atoms with van der Waals surface area (Å²) < 4.78 is 7.32. The summed E-state index contributed by atoms with van der Waals surface area (Å²) in [6, 6.07) is 17.7. The Labute approximate surface area is 163 Å². The van der Waals surface area contributed by atoms with Gasteiger partial charge < -0.3 is 9.84 Å². The third-order valence-corrected chi connectivity index (χ3v) is 6.15. The maximum absolute atomic E-state index is 10.3. The second-order valence-electron chi connectivity index (χ2n) is 6.33. The van der Waals surface area contributed by atoms with Crippen LogP contribution in [0.15, 0.2) is 69.6 Å². The number of fused-ring (bicyclic) bond motifs is 3. The van der Waals surface area contributed by atoms with Gasteiger partial charge >= 0.3 is 0 Å². The van der Waals surface area contributed by atoms with Gasteiger partial charge in [0.15, 0.2) is 0 Å². The highest BCUT2D eigenvalue weighted by molar-refractivity contribution is 9.10. The van der Waals surface area contributed by atoms with Gasteiger partial charge in [0.05, 0.1) is 16.6 Å². The average molecular weight is 427 g/mol. The number of benzene rings is 2. The lowest BCUT2D eigenvalue weighted by Gasteiger charge is -2.37. The van der Waals surface area contributed by atoms with E-state index in [0.717, 1.165) is 38.4 Å². The van der Waals surface area contributed by atoms with Gasteiger partial charge in [-0.15, -0.1) is 11.3 Å². The maximum Gasteiger partial charge on any atom is 0.222 e. The number of hydrogen-bond acceptors (Lipinski definition) is 5. The molecule has 2 aromatic carbocycles. The van der Waals surface area contributed by atoms with Gasteiger partial charge in [-0.2, -0.15) is 5.10 Å². The van der Waals surface area contributed by atoms with Crippen molar-refractivity contribution in [2.45, 2.75) is 18.7 Å². The van der Waals surface area contributed by atoms with Crippen LogP contribution in [0.1, 0.15) is 34.7 Å². The van der Waals surface area contributed by atoms with E-state index in [0.29, 0.717) is 0 Å². The largest absolute Gasteiger partial charge is 0.507 e. The van der Waals surface area contributed by atoms with Crippen LogP contribution in [-0.2, 0) is 0 Å². The Morgan fingerprint density at radius 3 is 2.85 bits per heavy atom. The molecule has 130 valence electrons. The molecule has 2 atom stereocenters. The Bertz CT molecular complexity index is 1000. The molecule has 5 rings (SSSR count). The van der Waals surface area contributed by atoms with Crippen molar-refractivity contribution >= 4 is 33.0 Å². The van der Waals surface area contributed by atoms with Crippen LogP contribution in [-0.4, -0.2) is 15.8 Å². The van der Waals surface area contributed by atoms with Crippen molar-refractivity contribution < 1.29 is 9.84 Å². The highest BCUT2D eigenvalue weighted by atomic mass is 79.9. The van der Waals surface area contributed by atoms with E-state index in [2.05, 4.69) is 33.4 Å². The fraction of sp³-hybridized carbons (Fsp3) is 0.150. The monoisotopic (exact) mass is 426 g/mol.